The molecule has 3 aromatic rings. The second-order valence-electron chi connectivity index (χ2n) is 8.23. The van der Waals surface area contributed by atoms with Crippen LogP contribution in [0.5, 0.6) is 11.5 Å². The van der Waals surface area contributed by atoms with Gasteiger partial charge in [0, 0.05) is 30.8 Å². The summed E-state index contributed by atoms with van der Waals surface area (Å²) >= 11 is 0. The van der Waals surface area contributed by atoms with E-state index in [1.54, 1.807) is 4.52 Å². The van der Waals surface area contributed by atoms with Gasteiger partial charge < -0.3 is 14.4 Å². The molecule has 2 aliphatic rings. The number of nitrogens with zero attached hydrogens (tertiary/aromatic N) is 5. The fourth-order valence-electron chi connectivity index (χ4n) is 4.69. The molecule has 31 heavy (non-hydrogen) atoms. The number of carbonyl (C=O) groups is 1. The van der Waals surface area contributed by atoms with Gasteiger partial charge in [-0.25, -0.2) is 9.50 Å². The molecule has 1 fully saturated rings. The number of aromatic nitrogens is 4. The average molecular weight is 422 g/mol. The van der Waals surface area contributed by atoms with E-state index in [0.717, 1.165) is 59.8 Å². The molecular weight excluding hydrogens is 394 g/mol. The number of likely N-dealkylation sites (tertiary alicyclic amines) is 1. The molecule has 0 aliphatic carbocycles. The van der Waals surface area contributed by atoms with E-state index in [-0.39, 0.29) is 11.9 Å². The van der Waals surface area contributed by atoms with Gasteiger partial charge in [0.2, 0.25) is 5.91 Å². The van der Waals surface area contributed by atoms with E-state index in [1.807, 2.05) is 30.9 Å². The largest absolute Gasteiger partial charge is 0.490 e. The Balaban J connectivity index is 1.32. The molecule has 2 aromatic heterocycles. The van der Waals surface area contributed by atoms with Crippen LogP contribution >= 0.6 is 0 Å². The summed E-state index contributed by atoms with van der Waals surface area (Å²) in [5.74, 6) is 2.35. The first-order chi connectivity index (χ1) is 15.1. The summed E-state index contributed by atoms with van der Waals surface area (Å²) in [6.07, 6.45) is 5.46. The lowest BCUT2D eigenvalue weighted by Gasteiger charge is -2.26. The van der Waals surface area contributed by atoms with E-state index in [2.05, 4.69) is 21.1 Å². The highest BCUT2D eigenvalue weighted by atomic mass is 16.5. The van der Waals surface area contributed by atoms with Gasteiger partial charge in [0.15, 0.2) is 11.5 Å². The molecule has 1 atom stereocenters. The summed E-state index contributed by atoms with van der Waals surface area (Å²) in [7, 11) is 0. The summed E-state index contributed by atoms with van der Waals surface area (Å²) in [5, 5.41) is 4.24. The third-order valence-corrected chi connectivity index (χ3v) is 6.31. The van der Waals surface area contributed by atoms with Gasteiger partial charge in [-0.15, -0.1) is 0 Å². The minimum absolute atomic E-state index is 0.0859. The number of aryl methyl sites for hydroxylation is 2. The Morgan fingerprint density at radius 2 is 2.00 bits per heavy atom. The standard InChI is InChI=1S/C23H27N5O3/c1-15-18(16(2)28-23(26-15)24-14-25-28)7-9-22(29)27-10-3-5-19(27)17-6-8-20-21(13-17)31-12-4-11-30-20/h6,8,13-14,19H,3-5,7,9-12H2,1-2H3/t19-/m1/s1. The predicted molar refractivity (Wildman–Crippen MR) is 114 cm³/mol. The number of hydrogen-bond acceptors (Lipinski definition) is 6. The third-order valence-electron chi connectivity index (χ3n) is 6.31. The van der Waals surface area contributed by atoms with Gasteiger partial charge in [-0.05, 0) is 56.4 Å². The fraction of sp³-hybridized carbons (Fsp3) is 0.478. The molecule has 0 bridgehead atoms. The van der Waals surface area contributed by atoms with Crippen molar-refractivity contribution in [3.63, 3.8) is 0 Å². The Hall–Kier alpha value is -3.16. The fourth-order valence-corrected chi connectivity index (χ4v) is 4.69. The second-order valence-corrected chi connectivity index (χ2v) is 8.23. The number of benzene rings is 1. The zero-order chi connectivity index (χ0) is 21.4. The summed E-state index contributed by atoms with van der Waals surface area (Å²) in [6, 6.07) is 6.18. The van der Waals surface area contributed by atoms with E-state index >= 15 is 0 Å². The molecule has 8 nitrogen and oxygen atoms in total. The van der Waals surface area contributed by atoms with Crippen LogP contribution in [0, 0.1) is 13.8 Å². The Morgan fingerprint density at radius 3 is 2.87 bits per heavy atom. The molecule has 4 heterocycles. The van der Waals surface area contributed by atoms with E-state index < -0.39 is 0 Å². The van der Waals surface area contributed by atoms with Gasteiger partial charge in [0.25, 0.3) is 5.78 Å². The smallest absolute Gasteiger partial charge is 0.252 e. The highest BCUT2D eigenvalue weighted by molar-refractivity contribution is 5.77. The number of ether oxygens (including phenoxy) is 2. The Kier molecular flexibility index (Phi) is 5.21. The van der Waals surface area contributed by atoms with Crippen LogP contribution in [-0.4, -0.2) is 50.1 Å². The summed E-state index contributed by atoms with van der Waals surface area (Å²) in [4.78, 5) is 23.9. The van der Waals surface area contributed by atoms with Crippen molar-refractivity contribution in [2.24, 2.45) is 0 Å². The third kappa shape index (κ3) is 3.71. The van der Waals surface area contributed by atoms with Crippen LogP contribution < -0.4 is 9.47 Å². The maximum atomic E-state index is 13.2. The minimum Gasteiger partial charge on any atom is -0.490 e. The molecule has 5 rings (SSSR count). The summed E-state index contributed by atoms with van der Waals surface area (Å²) in [5.41, 5.74) is 4.09. The normalized spacial score (nSPS) is 18.4. The maximum Gasteiger partial charge on any atom is 0.252 e. The predicted octanol–water partition coefficient (Wildman–Crippen LogP) is 3.20. The molecule has 8 heteroatoms. The van der Waals surface area contributed by atoms with E-state index in [9.17, 15) is 4.79 Å². The topological polar surface area (TPSA) is 81.9 Å². The monoisotopic (exact) mass is 421 g/mol. The molecule has 0 spiro atoms. The molecule has 1 saturated heterocycles. The first-order valence-corrected chi connectivity index (χ1v) is 11.0. The molecule has 0 saturated carbocycles. The lowest BCUT2D eigenvalue weighted by atomic mass is 10.0. The van der Waals surface area contributed by atoms with Crippen molar-refractivity contribution in [3.05, 3.63) is 47.0 Å². The molecule has 1 amide bonds. The quantitative estimate of drug-likeness (QED) is 0.643. The number of rotatable bonds is 4. The number of carbonyl (C=O) groups excluding carboxylic acids is 1. The van der Waals surface area contributed by atoms with Crippen LogP contribution in [0.15, 0.2) is 24.5 Å². The SMILES string of the molecule is Cc1nc2ncnn2c(C)c1CCC(=O)N1CCC[C@@H]1c1ccc2c(c1)OCCCO2. The Morgan fingerprint density at radius 1 is 1.16 bits per heavy atom. The van der Waals surface area contributed by atoms with Crippen molar-refractivity contribution < 1.29 is 14.3 Å². The number of fused-ring (bicyclic) bond motifs is 2. The molecule has 0 N–H and O–H groups in total. The van der Waals surface area contributed by atoms with Crippen molar-refractivity contribution in [2.45, 2.75) is 52.0 Å². The van der Waals surface area contributed by atoms with Gasteiger partial charge in [0.1, 0.15) is 6.33 Å². The van der Waals surface area contributed by atoms with Crippen molar-refractivity contribution >= 4 is 11.7 Å². The summed E-state index contributed by atoms with van der Waals surface area (Å²) < 4.78 is 13.3. The van der Waals surface area contributed by atoms with Gasteiger partial charge in [-0.3, -0.25) is 4.79 Å². The number of hydrogen-bond donors (Lipinski definition) is 0. The van der Waals surface area contributed by atoms with Crippen molar-refractivity contribution in [2.75, 3.05) is 19.8 Å². The molecule has 0 unspecified atom stereocenters. The van der Waals surface area contributed by atoms with Gasteiger partial charge in [-0.1, -0.05) is 6.07 Å². The highest BCUT2D eigenvalue weighted by Crippen LogP contribution is 2.38. The minimum atomic E-state index is 0.0859. The van der Waals surface area contributed by atoms with Crippen LogP contribution in [0.25, 0.3) is 5.78 Å². The second kappa shape index (κ2) is 8.17. The lowest BCUT2D eigenvalue weighted by Crippen LogP contribution is -2.31. The van der Waals surface area contributed by atoms with E-state index in [0.29, 0.717) is 31.8 Å². The van der Waals surface area contributed by atoms with E-state index in [1.165, 1.54) is 6.33 Å². The summed E-state index contributed by atoms with van der Waals surface area (Å²) in [6.45, 7) is 6.10. The highest BCUT2D eigenvalue weighted by Gasteiger charge is 2.30. The van der Waals surface area contributed by atoms with Crippen molar-refractivity contribution in [1.82, 2.24) is 24.5 Å². The van der Waals surface area contributed by atoms with Crippen LogP contribution in [0.1, 0.15) is 54.2 Å². The zero-order valence-electron chi connectivity index (χ0n) is 18.0. The first-order valence-electron chi connectivity index (χ1n) is 11.0. The van der Waals surface area contributed by atoms with Crippen LogP contribution in [0.2, 0.25) is 0 Å². The molecule has 162 valence electrons. The van der Waals surface area contributed by atoms with Gasteiger partial charge in [-0.2, -0.15) is 10.1 Å². The molecular formula is C23H27N5O3. The molecule has 1 aromatic carbocycles. The van der Waals surface area contributed by atoms with Crippen LogP contribution in [-0.2, 0) is 11.2 Å². The van der Waals surface area contributed by atoms with Crippen molar-refractivity contribution in [1.29, 1.82) is 0 Å². The average Bonchev–Trinajstić information content (AvgIpc) is 3.38. The maximum absolute atomic E-state index is 13.2. The molecule has 2 aliphatic heterocycles. The first kappa shape index (κ1) is 19.8. The lowest BCUT2D eigenvalue weighted by molar-refractivity contribution is -0.132. The van der Waals surface area contributed by atoms with Crippen LogP contribution in [0.3, 0.4) is 0 Å². The Bertz CT molecular complexity index is 1130. The van der Waals surface area contributed by atoms with Gasteiger partial charge in [0.05, 0.1) is 19.3 Å². The van der Waals surface area contributed by atoms with Crippen LogP contribution in [0.4, 0.5) is 0 Å². The Labute approximate surface area is 181 Å². The van der Waals surface area contributed by atoms with Gasteiger partial charge >= 0.3 is 0 Å². The van der Waals surface area contributed by atoms with Crippen molar-refractivity contribution in [3.8, 4) is 11.5 Å². The zero-order valence-corrected chi connectivity index (χ0v) is 18.0. The molecule has 0 radical (unpaired) electrons. The number of amides is 1. The van der Waals surface area contributed by atoms with E-state index in [4.69, 9.17) is 9.47 Å².